The van der Waals surface area contributed by atoms with Crippen LogP contribution in [0.1, 0.15) is 28.2 Å². The second kappa shape index (κ2) is 8.67. The maximum absolute atomic E-state index is 13.1. The van der Waals surface area contributed by atoms with Crippen molar-refractivity contribution in [1.29, 1.82) is 0 Å². The molecular formula is C21H20FN3O2S. The van der Waals surface area contributed by atoms with E-state index in [4.69, 9.17) is 0 Å². The highest BCUT2D eigenvalue weighted by Gasteiger charge is 2.21. The van der Waals surface area contributed by atoms with Gasteiger partial charge in [0.15, 0.2) is 0 Å². The molecule has 0 fully saturated rings. The Kier molecular flexibility index (Phi) is 6.06. The van der Waals surface area contributed by atoms with Crippen LogP contribution in [0.25, 0.3) is 0 Å². The number of nitrogens with zero attached hydrogens (tertiary/aromatic N) is 1. The monoisotopic (exact) mass is 397 g/mol. The first-order valence-electron chi connectivity index (χ1n) is 8.69. The van der Waals surface area contributed by atoms with Crippen molar-refractivity contribution < 1.29 is 14.0 Å². The number of nitrogens with one attached hydrogen (secondary N) is 2. The van der Waals surface area contributed by atoms with Crippen LogP contribution in [0.5, 0.6) is 0 Å². The minimum absolute atomic E-state index is 0.168. The quantitative estimate of drug-likeness (QED) is 0.608. The molecule has 144 valence electrons. The van der Waals surface area contributed by atoms with E-state index >= 15 is 0 Å². The van der Waals surface area contributed by atoms with Crippen LogP contribution in [0, 0.1) is 5.82 Å². The molecule has 0 aliphatic carbocycles. The minimum atomic E-state index is -0.375. The average Bonchev–Trinajstić information content (AvgIpc) is 3.16. The minimum Gasteiger partial charge on any atom is -0.334 e. The van der Waals surface area contributed by atoms with E-state index < -0.39 is 0 Å². The first-order chi connectivity index (χ1) is 13.4. The lowest BCUT2D eigenvalue weighted by molar-refractivity contribution is 0.0747. The summed E-state index contributed by atoms with van der Waals surface area (Å²) in [5, 5.41) is 6.02. The Morgan fingerprint density at radius 1 is 0.964 bits per heavy atom. The van der Waals surface area contributed by atoms with Gasteiger partial charge in [0.05, 0.1) is 15.9 Å². The van der Waals surface area contributed by atoms with E-state index in [0.29, 0.717) is 15.6 Å². The molecule has 1 atom stereocenters. The van der Waals surface area contributed by atoms with Gasteiger partial charge in [-0.15, -0.1) is 11.3 Å². The van der Waals surface area contributed by atoms with Crippen molar-refractivity contribution in [2.75, 3.05) is 17.7 Å². The van der Waals surface area contributed by atoms with E-state index in [1.165, 1.54) is 23.5 Å². The van der Waals surface area contributed by atoms with Gasteiger partial charge in [-0.05, 0) is 48.9 Å². The molecule has 1 aromatic heterocycles. The van der Waals surface area contributed by atoms with Crippen LogP contribution in [0.15, 0.2) is 66.7 Å². The molecule has 0 bridgehead atoms. The fourth-order valence-corrected chi connectivity index (χ4v) is 3.51. The Morgan fingerprint density at radius 2 is 1.64 bits per heavy atom. The van der Waals surface area contributed by atoms with Gasteiger partial charge >= 0.3 is 6.03 Å². The van der Waals surface area contributed by atoms with E-state index in [1.54, 1.807) is 48.3 Å². The number of carbonyl (C=O) groups is 2. The number of benzene rings is 2. The zero-order chi connectivity index (χ0) is 20.1. The molecule has 0 saturated carbocycles. The summed E-state index contributed by atoms with van der Waals surface area (Å²) in [6.07, 6.45) is 0. The number of urea groups is 1. The first-order valence-corrected chi connectivity index (χ1v) is 9.51. The smallest absolute Gasteiger partial charge is 0.324 e. The fraction of sp³-hybridized carbons (Fsp3) is 0.143. The second-order valence-electron chi connectivity index (χ2n) is 6.25. The van der Waals surface area contributed by atoms with Crippen molar-refractivity contribution >= 4 is 34.0 Å². The molecule has 3 amide bonds. The molecule has 3 rings (SSSR count). The summed E-state index contributed by atoms with van der Waals surface area (Å²) in [7, 11) is 1.70. The summed E-state index contributed by atoms with van der Waals surface area (Å²) < 4.78 is 13.1. The molecule has 28 heavy (non-hydrogen) atoms. The lowest BCUT2D eigenvalue weighted by Gasteiger charge is -2.24. The Labute approximate surface area is 166 Å². The van der Waals surface area contributed by atoms with Gasteiger partial charge in [-0.2, -0.15) is 0 Å². The third-order valence-electron chi connectivity index (χ3n) is 4.34. The Hall–Kier alpha value is -3.19. The van der Waals surface area contributed by atoms with Gasteiger partial charge in [-0.1, -0.05) is 30.3 Å². The summed E-state index contributed by atoms with van der Waals surface area (Å²) in [6, 6.07) is 18.0. The number of halogens is 1. The second-order valence-corrected chi connectivity index (χ2v) is 7.34. The molecule has 0 aliphatic rings. The third-order valence-corrected chi connectivity index (χ3v) is 5.33. The van der Waals surface area contributed by atoms with Gasteiger partial charge < -0.3 is 10.2 Å². The maximum Gasteiger partial charge on any atom is 0.324 e. The molecule has 0 saturated heterocycles. The summed E-state index contributed by atoms with van der Waals surface area (Å²) in [4.78, 5) is 26.9. The predicted molar refractivity (Wildman–Crippen MR) is 110 cm³/mol. The predicted octanol–water partition coefficient (Wildman–Crippen LogP) is 5.36. The molecule has 0 spiro atoms. The van der Waals surface area contributed by atoms with Crippen LogP contribution in [-0.2, 0) is 0 Å². The summed E-state index contributed by atoms with van der Waals surface area (Å²) >= 11 is 1.20. The van der Waals surface area contributed by atoms with Crippen LogP contribution in [-0.4, -0.2) is 23.9 Å². The van der Waals surface area contributed by atoms with Crippen molar-refractivity contribution in [3.63, 3.8) is 0 Å². The Balaban J connectivity index is 1.63. The highest BCUT2D eigenvalue weighted by Crippen LogP contribution is 2.27. The number of thiophene rings is 1. The van der Waals surface area contributed by atoms with Crippen LogP contribution in [0.4, 0.5) is 19.9 Å². The molecule has 2 aromatic carbocycles. The van der Waals surface area contributed by atoms with Gasteiger partial charge in [0, 0.05) is 12.7 Å². The van der Waals surface area contributed by atoms with E-state index in [1.807, 2.05) is 25.1 Å². The van der Waals surface area contributed by atoms with Crippen molar-refractivity contribution in [1.82, 2.24) is 4.90 Å². The topological polar surface area (TPSA) is 61.4 Å². The molecule has 7 heteroatoms. The van der Waals surface area contributed by atoms with Gasteiger partial charge in [-0.3, -0.25) is 10.1 Å². The summed E-state index contributed by atoms with van der Waals surface area (Å²) in [6.45, 7) is 1.88. The third kappa shape index (κ3) is 4.75. The van der Waals surface area contributed by atoms with Crippen molar-refractivity contribution in [3.8, 4) is 0 Å². The van der Waals surface area contributed by atoms with Crippen LogP contribution in [0.3, 0.4) is 0 Å². The molecule has 5 nitrogen and oxygen atoms in total. The Morgan fingerprint density at radius 3 is 2.32 bits per heavy atom. The Bertz CT molecular complexity index is 957. The van der Waals surface area contributed by atoms with Crippen LogP contribution in [0.2, 0.25) is 0 Å². The normalized spacial score (nSPS) is 11.5. The standard InChI is InChI=1S/C21H20FN3O2S/c1-14(15-8-10-16(22)11-9-15)25(2)20(26)18-12-13-19(28-18)24-21(27)23-17-6-4-3-5-7-17/h3-14H,1-2H3,(H2,23,24,27). The summed E-state index contributed by atoms with van der Waals surface area (Å²) in [5.74, 6) is -0.481. The molecule has 0 aliphatic heterocycles. The fourth-order valence-electron chi connectivity index (χ4n) is 2.63. The van der Waals surface area contributed by atoms with Crippen molar-refractivity contribution in [2.24, 2.45) is 0 Å². The average molecular weight is 397 g/mol. The van der Waals surface area contributed by atoms with Crippen molar-refractivity contribution in [2.45, 2.75) is 13.0 Å². The number of carbonyl (C=O) groups excluding carboxylic acids is 2. The zero-order valence-electron chi connectivity index (χ0n) is 15.5. The molecule has 0 radical (unpaired) electrons. The van der Waals surface area contributed by atoms with E-state index in [9.17, 15) is 14.0 Å². The van der Waals surface area contributed by atoms with Gasteiger partial charge in [0.2, 0.25) is 0 Å². The van der Waals surface area contributed by atoms with E-state index in [2.05, 4.69) is 10.6 Å². The maximum atomic E-state index is 13.1. The van der Waals surface area contributed by atoms with Crippen molar-refractivity contribution in [3.05, 3.63) is 83.0 Å². The number of amides is 3. The highest BCUT2D eigenvalue weighted by atomic mass is 32.1. The molecule has 2 N–H and O–H groups in total. The van der Waals surface area contributed by atoms with Gasteiger partial charge in [-0.25, -0.2) is 9.18 Å². The first kappa shape index (κ1) is 19.6. The summed E-state index contributed by atoms with van der Waals surface area (Å²) in [5.41, 5.74) is 1.52. The molecule has 3 aromatic rings. The lowest BCUT2D eigenvalue weighted by Crippen LogP contribution is -2.29. The number of hydrogen-bond acceptors (Lipinski definition) is 3. The molecule has 1 unspecified atom stereocenters. The zero-order valence-corrected chi connectivity index (χ0v) is 16.3. The lowest BCUT2D eigenvalue weighted by atomic mass is 10.1. The largest absolute Gasteiger partial charge is 0.334 e. The van der Waals surface area contributed by atoms with Crippen LogP contribution < -0.4 is 10.6 Å². The van der Waals surface area contributed by atoms with Gasteiger partial charge in [0.25, 0.3) is 5.91 Å². The number of hydrogen-bond donors (Lipinski definition) is 2. The number of para-hydroxylation sites is 1. The SMILES string of the molecule is CC(c1ccc(F)cc1)N(C)C(=O)c1ccc(NC(=O)Nc2ccccc2)s1. The molecule has 1 heterocycles. The molecular weight excluding hydrogens is 377 g/mol. The number of anilines is 2. The highest BCUT2D eigenvalue weighted by molar-refractivity contribution is 7.18. The van der Waals surface area contributed by atoms with E-state index in [0.717, 1.165) is 5.56 Å². The van der Waals surface area contributed by atoms with E-state index in [-0.39, 0.29) is 23.8 Å². The number of rotatable bonds is 5. The van der Waals surface area contributed by atoms with Gasteiger partial charge in [0.1, 0.15) is 5.82 Å². The van der Waals surface area contributed by atoms with Crippen LogP contribution >= 0.6 is 11.3 Å².